The fourth-order valence-electron chi connectivity index (χ4n) is 9.72. The van der Waals surface area contributed by atoms with Crippen LogP contribution < -0.4 is 10.2 Å². The van der Waals surface area contributed by atoms with Crippen molar-refractivity contribution in [2.75, 3.05) is 40.9 Å². The number of quaternary nitrogens is 1. The van der Waals surface area contributed by atoms with E-state index in [0.717, 1.165) is 44.9 Å². The molecule has 0 saturated heterocycles. The molecule has 0 rings (SSSR count). The zero-order valence-corrected chi connectivity index (χ0v) is 49.8. The minimum atomic E-state index is -4.57. The number of aliphatic hydroxyl groups is 1. The highest BCUT2D eigenvalue weighted by atomic mass is 31.2. The predicted octanol–water partition coefficient (Wildman–Crippen LogP) is 18.9. The number of carbonyl (C=O) groups is 1. The van der Waals surface area contributed by atoms with E-state index in [1.807, 2.05) is 21.1 Å². The van der Waals surface area contributed by atoms with Crippen LogP contribution in [0.1, 0.15) is 322 Å². The molecular formula is C63H125N2O6P. The fourth-order valence-corrected chi connectivity index (χ4v) is 10.4. The second kappa shape index (κ2) is 54.8. The van der Waals surface area contributed by atoms with Gasteiger partial charge < -0.3 is 28.8 Å². The molecule has 0 heterocycles. The van der Waals surface area contributed by atoms with Crippen LogP contribution in [0.4, 0.5) is 0 Å². The lowest BCUT2D eigenvalue weighted by Crippen LogP contribution is -2.46. The number of allylic oxidation sites excluding steroid dienone is 4. The quantitative estimate of drug-likeness (QED) is 0.0272. The Hall–Kier alpha value is -1.02. The van der Waals surface area contributed by atoms with Crippen molar-refractivity contribution in [2.24, 2.45) is 0 Å². The predicted molar refractivity (Wildman–Crippen MR) is 312 cm³/mol. The van der Waals surface area contributed by atoms with E-state index in [4.69, 9.17) is 9.05 Å². The first-order valence-electron chi connectivity index (χ1n) is 31.7. The molecule has 0 saturated carbocycles. The molecule has 0 aliphatic carbocycles. The molecule has 0 aliphatic heterocycles. The number of phosphoric ester groups is 1. The highest BCUT2D eigenvalue weighted by molar-refractivity contribution is 7.45. The molecule has 0 aliphatic rings. The van der Waals surface area contributed by atoms with Crippen LogP contribution in [0.2, 0.25) is 0 Å². The van der Waals surface area contributed by atoms with Crippen molar-refractivity contribution >= 4 is 13.7 Å². The summed E-state index contributed by atoms with van der Waals surface area (Å²) < 4.78 is 23.5. The van der Waals surface area contributed by atoms with Gasteiger partial charge in [-0.25, -0.2) is 0 Å². The molecule has 0 aromatic heterocycles. The summed E-state index contributed by atoms with van der Waals surface area (Å²) in [6, 6.07) is -0.800. The van der Waals surface area contributed by atoms with Crippen molar-refractivity contribution in [1.29, 1.82) is 0 Å². The number of carbonyl (C=O) groups excluding carboxylic acids is 1. The maximum Gasteiger partial charge on any atom is 0.268 e. The Kier molecular flexibility index (Phi) is 54.0. The number of aliphatic hydroxyl groups excluding tert-OH is 1. The first-order chi connectivity index (χ1) is 35.0. The number of phosphoric acid groups is 1. The molecule has 428 valence electrons. The maximum absolute atomic E-state index is 13.0. The van der Waals surface area contributed by atoms with Gasteiger partial charge in [-0.3, -0.25) is 9.36 Å². The minimum Gasteiger partial charge on any atom is -0.756 e. The third-order valence-corrected chi connectivity index (χ3v) is 15.7. The van der Waals surface area contributed by atoms with Gasteiger partial charge in [0.25, 0.3) is 7.82 Å². The number of unbranched alkanes of at least 4 members (excludes halogenated alkanes) is 42. The average Bonchev–Trinajstić information content (AvgIpc) is 3.34. The molecule has 2 N–H and O–H groups in total. The van der Waals surface area contributed by atoms with Gasteiger partial charge in [0.1, 0.15) is 13.2 Å². The van der Waals surface area contributed by atoms with Crippen LogP contribution in [0, 0.1) is 0 Å². The van der Waals surface area contributed by atoms with Crippen LogP contribution in [-0.4, -0.2) is 68.5 Å². The van der Waals surface area contributed by atoms with E-state index in [1.54, 1.807) is 0 Å². The van der Waals surface area contributed by atoms with Gasteiger partial charge >= 0.3 is 0 Å². The molecule has 8 nitrogen and oxygen atoms in total. The molecule has 9 heteroatoms. The Morgan fingerprint density at radius 1 is 0.486 bits per heavy atom. The summed E-state index contributed by atoms with van der Waals surface area (Å²) in [5.74, 6) is -0.160. The summed E-state index contributed by atoms with van der Waals surface area (Å²) >= 11 is 0. The van der Waals surface area contributed by atoms with E-state index in [9.17, 15) is 19.4 Å². The Morgan fingerprint density at radius 2 is 0.806 bits per heavy atom. The van der Waals surface area contributed by atoms with Gasteiger partial charge in [-0.2, -0.15) is 0 Å². The Morgan fingerprint density at radius 3 is 1.15 bits per heavy atom. The van der Waals surface area contributed by atoms with Gasteiger partial charge in [-0.15, -0.1) is 0 Å². The van der Waals surface area contributed by atoms with E-state index < -0.39 is 20.0 Å². The van der Waals surface area contributed by atoms with Crippen LogP contribution in [0.3, 0.4) is 0 Å². The lowest BCUT2D eigenvalue weighted by atomic mass is 10.0. The number of hydrogen-bond acceptors (Lipinski definition) is 6. The van der Waals surface area contributed by atoms with Crippen molar-refractivity contribution in [3.05, 3.63) is 24.3 Å². The first kappa shape index (κ1) is 71.0. The third-order valence-electron chi connectivity index (χ3n) is 14.7. The van der Waals surface area contributed by atoms with Crippen molar-refractivity contribution < 1.29 is 32.9 Å². The third kappa shape index (κ3) is 56.7. The van der Waals surface area contributed by atoms with Crippen LogP contribution in [-0.2, 0) is 18.4 Å². The number of amides is 1. The van der Waals surface area contributed by atoms with E-state index in [-0.39, 0.29) is 19.1 Å². The second-order valence-corrected chi connectivity index (χ2v) is 24.5. The van der Waals surface area contributed by atoms with Crippen molar-refractivity contribution in [1.82, 2.24) is 5.32 Å². The van der Waals surface area contributed by atoms with Gasteiger partial charge in [0.05, 0.1) is 39.9 Å². The molecule has 3 unspecified atom stereocenters. The largest absolute Gasteiger partial charge is 0.756 e. The van der Waals surface area contributed by atoms with Crippen LogP contribution in [0.5, 0.6) is 0 Å². The van der Waals surface area contributed by atoms with Crippen LogP contribution in [0.15, 0.2) is 24.3 Å². The lowest BCUT2D eigenvalue weighted by molar-refractivity contribution is -0.870. The molecule has 0 aromatic rings. The number of nitrogens with one attached hydrogen (secondary N) is 1. The smallest absolute Gasteiger partial charge is 0.268 e. The molecular weight excluding hydrogens is 912 g/mol. The lowest BCUT2D eigenvalue weighted by Gasteiger charge is -2.30. The number of likely N-dealkylation sites (N-methyl/N-ethyl adjacent to an activating group) is 1. The van der Waals surface area contributed by atoms with E-state index in [1.165, 1.54) is 250 Å². The number of rotatable bonds is 59. The standard InChI is InChI=1S/C63H125N2O6P/c1-6-8-10-12-14-16-18-20-22-24-26-28-29-30-31-32-33-34-35-37-39-41-43-45-47-49-51-53-55-57-63(67)64-61(60-71-72(68,69)70-59-58-65(3,4)5)62(66)56-54-52-50-48-46-44-42-40-38-36-27-25-23-21-19-17-15-13-11-9-7-2/h26,28,30-31,61-62,66H,6-25,27,29,32-60H2,1-5H3,(H-,64,67,68,69)/b28-26-,31-30-. The monoisotopic (exact) mass is 1040 g/mol. The molecule has 0 spiro atoms. The topological polar surface area (TPSA) is 108 Å². The molecule has 0 radical (unpaired) electrons. The Labute approximate surface area is 449 Å². The summed E-state index contributed by atoms with van der Waals surface area (Å²) in [5, 5.41) is 14.1. The minimum absolute atomic E-state index is 0.0138. The van der Waals surface area contributed by atoms with Gasteiger partial charge in [0.2, 0.25) is 5.91 Å². The van der Waals surface area contributed by atoms with Gasteiger partial charge in [-0.05, 0) is 44.9 Å². The molecule has 0 bridgehead atoms. The Bertz CT molecular complexity index is 1220. The summed E-state index contributed by atoms with van der Waals surface area (Å²) in [5.41, 5.74) is 0. The summed E-state index contributed by atoms with van der Waals surface area (Å²) in [6.45, 7) is 4.77. The van der Waals surface area contributed by atoms with E-state index in [2.05, 4.69) is 43.5 Å². The maximum atomic E-state index is 13.0. The van der Waals surface area contributed by atoms with Crippen molar-refractivity contribution in [2.45, 2.75) is 334 Å². The van der Waals surface area contributed by atoms with Crippen molar-refractivity contribution in [3.63, 3.8) is 0 Å². The summed E-state index contributed by atoms with van der Waals surface area (Å²) in [6.07, 6.45) is 69.4. The first-order valence-corrected chi connectivity index (χ1v) is 33.1. The van der Waals surface area contributed by atoms with Crippen LogP contribution >= 0.6 is 7.82 Å². The molecule has 0 aromatic carbocycles. The fraction of sp³-hybridized carbons (Fsp3) is 0.921. The zero-order chi connectivity index (χ0) is 52.7. The highest BCUT2D eigenvalue weighted by Gasteiger charge is 2.24. The average molecular weight is 1040 g/mol. The number of hydrogen-bond donors (Lipinski definition) is 2. The van der Waals surface area contributed by atoms with Gasteiger partial charge in [0.15, 0.2) is 0 Å². The Balaban J connectivity index is 4.08. The zero-order valence-electron chi connectivity index (χ0n) is 48.9. The van der Waals surface area contributed by atoms with E-state index in [0.29, 0.717) is 23.9 Å². The van der Waals surface area contributed by atoms with Crippen LogP contribution in [0.25, 0.3) is 0 Å². The molecule has 1 amide bonds. The second-order valence-electron chi connectivity index (χ2n) is 23.1. The molecule has 72 heavy (non-hydrogen) atoms. The van der Waals surface area contributed by atoms with Gasteiger partial charge in [-0.1, -0.05) is 295 Å². The number of nitrogens with zero attached hydrogens (tertiary/aromatic N) is 1. The normalized spacial score (nSPS) is 13.9. The van der Waals surface area contributed by atoms with E-state index >= 15 is 0 Å². The molecule has 3 atom stereocenters. The SMILES string of the molecule is CCCCCCCCCCC/C=C\C/C=C\CCCCCCCCCCCCCCCC(=O)NC(COP(=O)([O-])OCC[N+](C)(C)C)C(O)CCCCCCCCCCCCCCCCCCCCCCC. The molecule has 0 fully saturated rings. The summed E-state index contributed by atoms with van der Waals surface area (Å²) in [7, 11) is 1.32. The van der Waals surface area contributed by atoms with Gasteiger partial charge in [0, 0.05) is 6.42 Å². The summed E-state index contributed by atoms with van der Waals surface area (Å²) in [4.78, 5) is 25.6. The van der Waals surface area contributed by atoms with Crippen molar-refractivity contribution in [3.8, 4) is 0 Å². The highest BCUT2D eigenvalue weighted by Crippen LogP contribution is 2.38.